The van der Waals surface area contributed by atoms with Gasteiger partial charge in [-0.3, -0.25) is 4.57 Å². The van der Waals surface area contributed by atoms with Crippen molar-refractivity contribution < 1.29 is 18.8 Å². The number of benzene rings is 1. The van der Waals surface area contributed by atoms with E-state index in [4.69, 9.17) is 9.16 Å². The molecule has 0 N–H and O–H groups in total. The lowest BCUT2D eigenvalue weighted by Gasteiger charge is -2.43. The Labute approximate surface area is 230 Å². The van der Waals surface area contributed by atoms with Gasteiger partial charge in [-0.15, -0.1) is 0 Å². The number of fused-ring (bicyclic) bond motifs is 1. The second-order valence-corrected chi connectivity index (χ2v) is 18.1. The minimum atomic E-state index is -2.37. The van der Waals surface area contributed by atoms with Crippen LogP contribution in [0.1, 0.15) is 100.0 Å². The molecule has 1 heterocycles. The predicted molar refractivity (Wildman–Crippen MR) is 159 cm³/mol. The fourth-order valence-corrected chi connectivity index (χ4v) is 11.6. The topological polar surface area (TPSA) is 57.5 Å². The first-order valence-corrected chi connectivity index (χ1v) is 16.4. The molecule has 1 aromatic heterocycles. The van der Waals surface area contributed by atoms with E-state index in [-0.39, 0.29) is 5.92 Å². The number of carbonyl (C=O) groups excluding carboxylic acids is 2. The average molecular weight is 538 g/mol. The Bertz CT molecular complexity index is 1180. The summed E-state index contributed by atoms with van der Waals surface area (Å²) >= 11 is 0. The minimum Gasteiger partial charge on any atom is -0.542 e. The second kappa shape index (κ2) is 12.1. The van der Waals surface area contributed by atoms with Gasteiger partial charge in [-0.05, 0) is 68.3 Å². The lowest BCUT2D eigenvalue weighted by Crippen LogP contribution is -2.47. The first-order valence-electron chi connectivity index (χ1n) is 14.3. The molecule has 0 atom stereocenters. The molecular weight excluding hydrogens is 490 g/mol. The summed E-state index contributed by atoms with van der Waals surface area (Å²) in [7, 11) is -2.37. The van der Waals surface area contributed by atoms with Crippen LogP contribution in [0.25, 0.3) is 17.0 Å². The summed E-state index contributed by atoms with van der Waals surface area (Å²) in [5.41, 5.74) is 2.70. The molecule has 0 amide bonds. The minimum absolute atomic E-state index is 0.143. The normalized spacial score (nSPS) is 15.8. The van der Waals surface area contributed by atoms with Gasteiger partial charge in [-0.1, -0.05) is 79.0 Å². The molecule has 208 valence electrons. The summed E-state index contributed by atoms with van der Waals surface area (Å²) in [4.78, 5) is 25.8. The zero-order chi connectivity index (χ0) is 28.3. The van der Waals surface area contributed by atoms with E-state index in [2.05, 4.69) is 47.5 Å². The van der Waals surface area contributed by atoms with Gasteiger partial charge in [0.2, 0.25) is 0 Å². The van der Waals surface area contributed by atoms with Gasteiger partial charge in [0.25, 0.3) is 8.32 Å². The van der Waals surface area contributed by atoms with Gasteiger partial charge in [0.15, 0.2) is 0 Å². The lowest BCUT2D eigenvalue weighted by atomic mass is 9.83. The van der Waals surface area contributed by atoms with Crippen LogP contribution >= 0.6 is 0 Å². The van der Waals surface area contributed by atoms with E-state index in [0.29, 0.717) is 28.0 Å². The van der Waals surface area contributed by atoms with E-state index in [1.54, 1.807) is 4.57 Å². The first-order chi connectivity index (χ1) is 17.8. The third kappa shape index (κ3) is 6.35. The first kappa shape index (κ1) is 30.0. The van der Waals surface area contributed by atoms with Crippen LogP contribution in [0.2, 0.25) is 16.6 Å². The number of hydrogen-bond acceptors (Lipinski definition) is 4. The number of aromatic nitrogens is 1. The van der Waals surface area contributed by atoms with Crippen molar-refractivity contribution in [3.8, 4) is 0 Å². The molecule has 0 radical (unpaired) electrons. The molecule has 1 aliphatic carbocycles. The number of carbonyl (C=O) groups is 1. The highest BCUT2D eigenvalue weighted by atomic mass is 28.4. The van der Waals surface area contributed by atoms with E-state index in [1.807, 2.05) is 57.3 Å². The molecule has 2 aromatic rings. The van der Waals surface area contributed by atoms with Gasteiger partial charge >= 0.3 is 6.09 Å². The van der Waals surface area contributed by atoms with E-state index in [1.165, 1.54) is 6.42 Å². The molecule has 0 unspecified atom stereocenters. The predicted octanol–water partition coefficient (Wildman–Crippen LogP) is 9.30. The van der Waals surface area contributed by atoms with E-state index >= 15 is 0 Å². The number of rotatable bonds is 8. The number of nitrogens with zero attached hydrogens (tertiary/aromatic N) is 1. The molecular formula is C32H47NO4Si. The standard InChI is InChI=1S/C32H47NO4Si/c1-22(2)38(23(3)4,24(5)6)37-30(28(21-34)25-15-11-10-12-16-25)19-26-20-33(31(35)36-32(7,8)9)29-18-14-13-17-27(26)29/h13-14,17-20,22-25H,10-12,15-16H2,1-9H3/b30-19+. The van der Waals surface area contributed by atoms with Gasteiger partial charge < -0.3 is 9.16 Å². The Kier molecular flexibility index (Phi) is 9.54. The molecule has 0 aliphatic heterocycles. The number of ether oxygens (including phenoxy) is 1. The fourth-order valence-electron chi connectivity index (χ4n) is 6.36. The van der Waals surface area contributed by atoms with Crippen LogP contribution in [0, 0.1) is 5.92 Å². The molecule has 1 aliphatic rings. The Morgan fingerprint density at radius 2 is 1.58 bits per heavy atom. The molecule has 38 heavy (non-hydrogen) atoms. The molecule has 0 saturated heterocycles. The van der Waals surface area contributed by atoms with Crippen molar-refractivity contribution in [3.63, 3.8) is 0 Å². The van der Waals surface area contributed by atoms with Gasteiger partial charge in [-0.2, -0.15) is 0 Å². The monoisotopic (exact) mass is 537 g/mol. The number of para-hydroxylation sites is 1. The molecule has 1 aromatic carbocycles. The second-order valence-electron chi connectivity index (χ2n) is 12.7. The Hall–Kier alpha value is -2.56. The van der Waals surface area contributed by atoms with Gasteiger partial charge in [0.05, 0.1) is 11.1 Å². The van der Waals surface area contributed by atoms with E-state index in [0.717, 1.165) is 42.1 Å². The summed E-state index contributed by atoms with van der Waals surface area (Å²) in [6.07, 6.45) is 8.76. The molecule has 3 rings (SSSR count). The molecule has 1 saturated carbocycles. The lowest BCUT2D eigenvalue weighted by molar-refractivity contribution is 0.0544. The van der Waals surface area contributed by atoms with Crippen LogP contribution in [0.4, 0.5) is 4.79 Å². The van der Waals surface area contributed by atoms with Crippen molar-refractivity contribution in [2.45, 2.75) is 117 Å². The van der Waals surface area contributed by atoms with Crippen LogP contribution in [0.3, 0.4) is 0 Å². The number of allylic oxidation sites excluding steroid dienone is 1. The molecule has 6 heteroatoms. The van der Waals surface area contributed by atoms with Crippen LogP contribution in [0.5, 0.6) is 0 Å². The SMILES string of the molecule is CC(C)[Si](O/C(=C/c1cn(C(=O)OC(C)(C)C)c2ccccc12)C(=C=O)C1CCCCC1)(C(C)C)C(C)C. The molecule has 0 spiro atoms. The van der Waals surface area contributed by atoms with Crippen LogP contribution < -0.4 is 0 Å². The highest BCUT2D eigenvalue weighted by Crippen LogP contribution is 2.46. The van der Waals surface area contributed by atoms with Crippen LogP contribution in [-0.2, 0) is 14.0 Å². The summed E-state index contributed by atoms with van der Waals surface area (Å²) in [6, 6.07) is 7.81. The van der Waals surface area contributed by atoms with Crippen molar-refractivity contribution in [1.29, 1.82) is 0 Å². The highest BCUT2D eigenvalue weighted by Gasteiger charge is 2.48. The van der Waals surface area contributed by atoms with Crippen LogP contribution in [-0.4, -0.2) is 30.5 Å². The zero-order valence-electron chi connectivity index (χ0n) is 24.9. The molecule has 0 bridgehead atoms. The third-order valence-corrected chi connectivity index (χ3v) is 14.0. The average Bonchev–Trinajstić information content (AvgIpc) is 3.20. The van der Waals surface area contributed by atoms with Gasteiger partial charge in [0, 0.05) is 17.1 Å². The summed E-state index contributed by atoms with van der Waals surface area (Å²) in [5.74, 6) is 3.12. The van der Waals surface area contributed by atoms with Crippen molar-refractivity contribution in [3.05, 3.63) is 47.4 Å². The van der Waals surface area contributed by atoms with E-state index in [9.17, 15) is 9.59 Å². The third-order valence-electron chi connectivity index (χ3n) is 8.00. The van der Waals surface area contributed by atoms with E-state index < -0.39 is 20.0 Å². The maximum absolute atomic E-state index is 13.1. The summed E-state index contributed by atoms with van der Waals surface area (Å²) in [5, 5.41) is 0.916. The fraction of sp³-hybridized carbons (Fsp3) is 0.594. The summed E-state index contributed by atoms with van der Waals surface area (Å²) in [6.45, 7) is 19.1. The number of hydrogen-bond donors (Lipinski definition) is 0. The van der Waals surface area contributed by atoms with Crippen LogP contribution in [0.15, 0.2) is 41.8 Å². The smallest absolute Gasteiger partial charge is 0.419 e. The largest absolute Gasteiger partial charge is 0.542 e. The zero-order valence-corrected chi connectivity index (χ0v) is 25.9. The van der Waals surface area contributed by atoms with Crippen molar-refractivity contribution in [2.75, 3.05) is 0 Å². The van der Waals surface area contributed by atoms with Crippen molar-refractivity contribution in [2.24, 2.45) is 5.92 Å². The van der Waals surface area contributed by atoms with Gasteiger partial charge in [-0.25, -0.2) is 9.59 Å². The van der Waals surface area contributed by atoms with Crippen molar-refractivity contribution in [1.82, 2.24) is 4.57 Å². The Morgan fingerprint density at radius 3 is 2.11 bits per heavy atom. The highest BCUT2D eigenvalue weighted by molar-refractivity contribution is 6.78. The molecule has 5 nitrogen and oxygen atoms in total. The van der Waals surface area contributed by atoms with Gasteiger partial charge in [0.1, 0.15) is 17.3 Å². The maximum atomic E-state index is 13.1. The Morgan fingerprint density at radius 1 is 1.00 bits per heavy atom. The quantitative estimate of drug-likeness (QED) is 0.146. The summed E-state index contributed by atoms with van der Waals surface area (Å²) < 4.78 is 14.5. The Balaban J connectivity index is 2.24. The van der Waals surface area contributed by atoms with Crippen molar-refractivity contribution >= 4 is 37.3 Å². The maximum Gasteiger partial charge on any atom is 0.419 e. The molecule has 1 fully saturated rings.